The fourth-order valence-corrected chi connectivity index (χ4v) is 1.60. The van der Waals surface area contributed by atoms with Crippen molar-refractivity contribution in [2.75, 3.05) is 11.9 Å². The summed E-state index contributed by atoms with van der Waals surface area (Å²) in [7, 11) is 0. The predicted molar refractivity (Wildman–Crippen MR) is 66.9 cm³/mol. The van der Waals surface area contributed by atoms with Crippen LogP contribution in [0.4, 0.5) is 5.82 Å². The Labute approximate surface area is 100 Å². The van der Waals surface area contributed by atoms with Crippen molar-refractivity contribution in [3.05, 3.63) is 18.2 Å². The molecule has 2 aromatic heterocycles. The van der Waals surface area contributed by atoms with Crippen LogP contribution in [-0.2, 0) is 0 Å². The van der Waals surface area contributed by atoms with Gasteiger partial charge >= 0.3 is 0 Å². The molecular weight excluding hydrogens is 216 g/mol. The highest BCUT2D eigenvalue weighted by atomic mass is 15.3. The van der Waals surface area contributed by atoms with Crippen molar-refractivity contribution in [3.63, 3.8) is 0 Å². The van der Waals surface area contributed by atoms with Gasteiger partial charge in [0.25, 0.3) is 0 Å². The van der Waals surface area contributed by atoms with Crippen LogP contribution in [-0.4, -0.2) is 31.7 Å². The van der Waals surface area contributed by atoms with Crippen LogP contribution in [0.25, 0.3) is 5.65 Å². The molecule has 6 nitrogen and oxygen atoms in total. The third kappa shape index (κ3) is 2.08. The van der Waals surface area contributed by atoms with Gasteiger partial charge < -0.3 is 11.1 Å². The van der Waals surface area contributed by atoms with Gasteiger partial charge in [-0.25, -0.2) is 4.98 Å². The van der Waals surface area contributed by atoms with Gasteiger partial charge in [0.1, 0.15) is 5.82 Å². The van der Waals surface area contributed by atoms with Crippen LogP contribution in [0.1, 0.15) is 26.1 Å². The lowest BCUT2D eigenvalue weighted by molar-refractivity contribution is 0.505. The summed E-state index contributed by atoms with van der Waals surface area (Å²) < 4.78 is 1.90. The second kappa shape index (κ2) is 4.29. The first kappa shape index (κ1) is 11.8. The molecule has 3 N–H and O–H groups in total. The van der Waals surface area contributed by atoms with E-state index in [9.17, 15) is 0 Å². The summed E-state index contributed by atoms with van der Waals surface area (Å²) >= 11 is 0. The van der Waals surface area contributed by atoms with Crippen LogP contribution in [0.15, 0.2) is 12.4 Å². The Morgan fingerprint density at radius 2 is 2.24 bits per heavy atom. The van der Waals surface area contributed by atoms with Gasteiger partial charge in [0, 0.05) is 24.5 Å². The molecule has 6 heteroatoms. The number of aromatic nitrogens is 4. The quantitative estimate of drug-likeness (QED) is 0.824. The number of hydrogen-bond acceptors (Lipinski definition) is 5. The van der Waals surface area contributed by atoms with Crippen LogP contribution in [0, 0.1) is 6.92 Å². The van der Waals surface area contributed by atoms with Crippen LogP contribution >= 0.6 is 0 Å². The molecule has 17 heavy (non-hydrogen) atoms. The highest BCUT2D eigenvalue weighted by Crippen LogP contribution is 2.19. The van der Waals surface area contributed by atoms with Crippen molar-refractivity contribution in [2.45, 2.75) is 32.7 Å². The maximum absolute atomic E-state index is 5.78. The molecule has 0 saturated heterocycles. The van der Waals surface area contributed by atoms with Crippen LogP contribution in [0.2, 0.25) is 0 Å². The number of anilines is 1. The molecule has 2 aromatic rings. The average molecular weight is 234 g/mol. The van der Waals surface area contributed by atoms with Gasteiger partial charge in [0.05, 0.1) is 0 Å². The lowest BCUT2D eigenvalue weighted by Crippen LogP contribution is -2.42. The van der Waals surface area contributed by atoms with Crippen molar-refractivity contribution in [1.29, 1.82) is 0 Å². The molecule has 0 fully saturated rings. The minimum absolute atomic E-state index is 0.172. The van der Waals surface area contributed by atoms with Crippen molar-refractivity contribution in [2.24, 2.45) is 5.73 Å². The summed E-state index contributed by atoms with van der Waals surface area (Å²) in [5.41, 5.74) is 6.34. The lowest BCUT2D eigenvalue weighted by atomic mass is 9.99. The van der Waals surface area contributed by atoms with E-state index in [1.807, 2.05) is 17.5 Å². The zero-order chi connectivity index (χ0) is 12.5. The fraction of sp³-hybridized carbons (Fsp3) is 0.545. The number of nitrogens with two attached hydrogens (primary N) is 1. The molecule has 0 aliphatic carbocycles. The minimum atomic E-state index is -0.172. The highest BCUT2D eigenvalue weighted by molar-refractivity contribution is 5.63. The van der Waals surface area contributed by atoms with Gasteiger partial charge in [-0.05, 0) is 20.3 Å². The third-order valence-electron chi connectivity index (χ3n) is 3.15. The molecule has 1 unspecified atom stereocenters. The normalized spacial score (nSPS) is 14.8. The van der Waals surface area contributed by atoms with Gasteiger partial charge in [0.15, 0.2) is 5.82 Å². The largest absolute Gasteiger partial charge is 0.360 e. The molecule has 0 radical (unpaired) electrons. The lowest BCUT2D eigenvalue weighted by Gasteiger charge is -2.28. The van der Waals surface area contributed by atoms with Crippen molar-refractivity contribution < 1.29 is 0 Å². The molecule has 2 rings (SSSR count). The Balaban J connectivity index is 2.42. The summed E-state index contributed by atoms with van der Waals surface area (Å²) in [4.78, 5) is 4.31. The molecule has 1 atom stereocenters. The molecular formula is C11H18N6. The number of aryl methyl sites for hydroxylation is 1. The number of nitrogens with zero attached hydrogens (tertiary/aromatic N) is 4. The van der Waals surface area contributed by atoms with E-state index in [1.165, 1.54) is 0 Å². The summed E-state index contributed by atoms with van der Waals surface area (Å²) in [6.45, 7) is 6.61. The molecule has 0 aliphatic rings. The van der Waals surface area contributed by atoms with Gasteiger partial charge in [0.2, 0.25) is 5.65 Å². The van der Waals surface area contributed by atoms with Gasteiger partial charge in [-0.1, -0.05) is 6.92 Å². The van der Waals surface area contributed by atoms with E-state index >= 15 is 0 Å². The summed E-state index contributed by atoms with van der Waals surface area (Å²) in [5, 5.41) is 11.5. The van der Waals surface area contributed by atoms with E-state index < -0.39 is 0 Å². The fourth-order valence-electron chi connectivity index (χ4n) is 1.60. The molecule has 0 amide bonds. The molecule has 0 aliphatic heterocycles. The summed E-state index contributed by atoms with van der Waals surface area (Å²) in [6, 6.07) is 0. The Kier molecular flexibility index (Phi) is 2.97. The second-order valence-corrected chi connectivity index (χ2v) is 4.46. The molecule has 92 valence electrons. The topological polar surface area (TPSA) is 81.1 Å². The first-order chi connectivity index (χ1) is 8.09. The summed E-state index contributed by atoms with van der Waals surface area (Å²) in [5.74, 6) is 1.57. The predicted octanol–water partition coefficient (Wildman–Crippen LogP) is 0.972. The van der Waals surface area contributed by atoms with E-state index in [4.69, 9.17) is 5.73 Å². The Morgan fingerprint density at radius 1 is 1.47 bits per heavy atom. The van der Waals surface area contributed by atoms with Crippen LogP contribution < -0.4 is 11.1 Å². The zero-order valence-corrected chi connectivity index (χ0v) is 10.4. The van der Waals surface area contributed by atoms with E-state index in [0.717, 1.165) is 23.7 Å². The van der Waals surface area contributed by atoms with Crippen molar-refractivity contribution >= 4 is 11.5 Å². The Bertz CT molecular complexity index is 514. The smallest absolute Gasteiger partial charge is 0.203 e. The number of rotatable bonds is 4. The SMILES string of the molecule is CCC(C)(CN)Nc1nccn2c(C)nnc12. The second-order valence-electron chi connectivity index (χ2n) is 4.46. The van der Waals surface area contributed by atoms with Crippen molar-refractivity contribution in [1.82, 2.24) is 19.6 Å². The number of fused-ring (bicyclic) bond motifs is 1. The molecule has 0 aromatic carbocycles. The van der Waals surface area contributed by atoms with Gasteiger partial charge in [-0.2, -0.15) is 0 Å². The van der Waals surface area contributed by atoms with Gasteiger partial charge in [-0.3, -0.25) is 4.40 Å². The maximum Gasteiger partial charge on any atom is 0.203 e. The summed E-state index contributed by atoms with van der Waals surface area (Å²) in [6.07, 6.45) is 4.50. The standard InChI is InChI=1S/C11H18N6/c1-4-11(3,7-12)14-9-10-16-15-8(2)17(10)6-5-13-9/h5-6H,4,7,12H2,1-3H3,(H,13,14). The maximum atomic E-state index is 5.78. The van der Waals surface area contributed by atoms with Crippen LogP contribution in [0.5, 0.6) is 0 Å². The first-order valence-electron chi connectivity index (χ1n) is 5.74. The van der Waals surface area contributed by atoms with Crippen LogP contribution in [0.3, 0.4) is 0 Å². The molecule has 0 spiro atoms. The Morgan fingerprint density at radius 3 is 2.88 bits per heavy atom. The van der Waals surface area contributed by atoms with Gasteiger partial charge in [-0.15, -0.1) is 10.2 Å². The monoisotopic (exact) mass is 234 g/mol. The third-order valence-corrected chi connectivity index (χ3v) is 3.15. The first-order valence-corrected chi connectivity index (χ1v) is 5.74. The highest BCUT2D eigenvalue weighted by Gasteiger charge is 2.22. The number of nitrogens with one attached hydrogen (secondary N) is 1. The average Bonchev–Trinajstić information content (AvgIpc) is 2.72. The minimum Gasteiger partial charge on any atom is -0.360 e. The molecule has 2 heterocycles. The number of hydrogen-bond donors (Lipinski definition) is 2. The van der Waals surface area contributed by atoms with E-state index in [2.05, 4.69) is 34.3 Å². The van der Waals surface area contributed by atoms with E-state index in [1.54, 1.807) is 6.20 Å². The van der Waals surface area contributed by atoms with E-state index in [0.29, 0.717) is 6.54 Å². The molecule has 0 saturated carbocycles. The molecule has 0 bridgehead atoms. The van der Waals surface area contributed by atoms with E-state index in [-0.39, 0.29) is 5.54 Å². The zero-order valence-electron chi connectivity index (χ0n) is 10.4. The van der Waals surface area contributed by atoms with Crippen molar-refractivity contribution in [3.8, 4) is 0 Å². The Hall–Kier alpha value is -1.69.